The predicted octanol–water partition coefficient (Wildman–Crippen LogP) is 5.49. The molecule has 1 heterocycles. The Hall–Kier alpha value is -0.0400. The minimum absolute atomic E-state index is 0.315. The average Bonchev–Trinajstić information content (AvgIpc) is 2.37. The van der Waals surface area contributed by atoms with E-state index in [9.17, 15) is 0 Å². The van der Waals surface area contributed by atoms with Crippen molar-refractivity contribution < 1.29 is 0 Å². The summed E-state index contributed by atoms with van der Waals surface area (Å²) in [5.74, 6) is 2.04. The highest BCUT2D eigenvalue weighted by Gasteiger charge is 2.42. The molecule has 2 rings (SSSR count). The molecule has 0 radical (unpaired) electrons. The largest absolute Gasteiger partial charge is 0.295 e. The van der Waals surface area contributed by atoms with Gasteiger partial charge in [-0.15, -0.1) is 0 Å². The molecule has 0 aromatic heterocycles. The minimum atomic E-state index is 0.315. The van der Waals surface area contributed by atoms with Gasteiger partial charge in [-0.25, -0.2) is 0 Å². The van der Waals surface area contributed by atoms with Gasteiger partial charge in [0, 0.05) is 11.6 Å². The smallest absolute Gasteiger partial charge is 0.0152 e. The van der Waals surface area contributed by atoms with Gasteiger partial charge in [-0.1, -0.05) is 52.9 Å². The Morgan fingerprint density at radius 3 is 1.85 bits per heavy atom. The summed E-state index contributed by atoms with van der Waals surface area (Å²) in [5, 5.41) is 0. The quantitative estimate of drug-likeness (QED) is 0.613. The van der Waals surface area contributed by atoms with Gasteiger partial charge in [0.25, 0.3) is 0 Å². The van der Waals surface area contributed by atoms with Gasteiger partial charge in [0.2, 0.25) is 0 Å². The molecule has 0 aromatic rings. The Morgan fingerprint density at radius 2 is 1.35 bits per heavy atom. The summed E-state index contributed by atoms with van der Waals surface area (Å²) in [6, 6.07) is 0.753. The Kier molecular flexibility index (Phi) is 4.89. The third-order valence-electron chi connectivity index (χ3n) is 5.82. The SMILES string of the molecule is CC(C)(C)C1CC(C2CCCCC2)CCN1C(C)(C)C. The van der Waals surface area contributed by atoms with Gasteiger partial charge in [0.15, 0.2) is 0 Å². The van der Waals surface area contributed by atoms with Crippen LogP contribution < -0.4 is 0 Å². The van der Waals surface area contributed by atoms with Crippen molar-refractivity contribution in [2.24, 2.45) is 17.3 Å². The average molecular weight is 280 g/mol. The minimum Gasteiger partial charge on any atom is -0.295 e. The Labute approximate surface area is 127 Å². The van der Waals surface area contributed by atoms with Gasteiger partial charge in [0.1, 0.15) is 0 Å². The van der Waals surface area contributed by atoms with Gasteiger partial charge >= 0.3 is 0 Å². The molecular weight excluding hydrogens is 242 g/mol. The van der Waals surface area contributed by atoms with E-state index in [1.54, 1.807) is 0 Å². The lowest BCUT2D eigenvalue weighted by Crippen LogP contribution is -2.57. The van der Waals surface area contributed by atoms with Crippen molar-refractivity contribution in [2.45, 2.75) is 98.1 Å². The highest BCUT2D eigenvalue weighted by molar-refractivity contribution is 4.96. The van der Waals surface area contributed by atoms with Gasteiger partial charge in [-0.05, 0) is 57.4 Å². The molecule has 0 amide bonds. The number of likely N-dealkylation sites (tertiary alicyclic amines) is 1. The first-order valence-corrected chi connectivity index (χ1v) is 8.96. The van der Waals surface area contributed by atoms with Crippen LogP contribution in [0, 0.1) is 17.3 Å². The van der Waals surface area contributed by atoms with E-state index in [0.29, 0.717) is 11.0 Å². The van der Waals surface area contributed by atoms with E-state index in [0.717, 1.165) is 17.9 Å². The summed E-state index contributed by atoms with van der Waals surface area (Å²) >= 11 is 0. The number of hydrogen-bond donors (Lipinski definition) is 0. The molecule has 1 saturated carbocycles. The Bertz CT molecular complexity index is 301. The van der Waals surface area contributed by atoms with Crippen LogP contribution in [0.2, 0.25) is 0 Å². The fraction of sp³-hybridized carbons (Fsp3) is 1.00. The summed E-state index contributed by atoms with van der Waals surface area (Å²) in [7, 11) is 0. The highest BCUT2D eigenvalue weighted by Crippen LogP contribution is 2.43. The molecule has 118 valence electrons. The third-order valence-corrected chi connectivity index (χ3v) is 5.82. The number of hydrogen-bond acceptors (Lipinski definition) is 1. The second-order valence-electron chi connectivity index (χ2n) is 9.43. The maximum atomic E-state index is 2.80. The molecule has 2 fully saturated rings. The van der Waals surface area contributed by atoms with Crippen LogP contribution in [0.15, 0.2) is 0 Å². The topological polar surface area (TPSA) is 3.24 Å². The van der Waals surface area contributed by atoms with Crippen molar-refractivity contribution >= 4 is 0 Å². The zero-order chi connectivity index (χ0) is 15.0. The van der Waals surface area contributed by atoms with Crippen molar-refractivity contribution in [3.63, 3.8) is 0 Å². The van der Waals surface area contributed by atoms with Crippen molar-refractivity contribution in [3.8, 4) is 0 Å². The molecule has 0 aromatic carbocycles. The molecule has 1 aliphatic carbocycles. The van der Waals surface area contributed by atoms with E-state index >= 15 is 0 Å². The monoisotopic (exact) mass is 279 g/mol. The molecule has 2 atom stereocenters. The first kappa shape index (κ1) is 16.3. The molecule has 1 saturated heterocycles. The second-order valence-corrected chi connectivity index (χ2v) is 9.43. The summed E-state index contributed by atoms with van der Waals surface area (Å²) in [6.45, 7) is 15.8. The Morgan fingerprint density at radius 1 is 0.750 bits per heavy atom. The zero-order valence-electron chi connectivity index (χ0n) is 14.8. The van der Waals surface area contributed by atoms with Crippen LogP contribution >= 0.6 is 0 Å². The molecule has 0 bridgehead atoms. The van der Waals surface area contributed by atoms with Crippen molar-refractivity contribution in [1.29, 1.82) is 0 Å². The van der Waals surface area contributed by atoms with Gasteiger partial charge in [-0.2, -0.15) is 0 Å². The summed E-state index contributed by atoms with van der Waals surface area (Å²) in [6.07, 6.45) is 10.4. The molecule has 1 heteroatoms. The van der Waals surface area contributed by atoms with E-state index in [1.165, 1.54) is 51.5 Å². The van der Waals surface area contributed by atoms with Crippen LogP contribution in [-0.4, -0.2) is 23.0 Å². The predicted molar refractivity (Wildman–Crippen MR) is 89.0 cm³/mol. The summed E-state index contributed by atoms with van der Waals surface area (Å²) < 4.78 is 0. The Balaban J connectivity index is 2.09. The zero-order valence-corrected chi connectivity index (χ0v) is 14.8. The van der Waals surface area contributed by atoms with E-state index < -0.39 is 0 Å². The molecule has 1 nitrogen and oxygen atoms in total. The second kappa shape index (κ2) is 5.99. The molecule has 2 unspecified atom stereocenters. The first-order valence-electron chi connectivity index (χ1n) is 8.96. The maximum absolute atomic E-state index is 2.80. The summed E-state index contributed by atoms with van der Waals surface area (Å²) in [5.41, 5.74) is 0.718. The van der Waals surface area contributed by atoms with Crippen LogP contribution in [0.1, 0.15) is 86.5 Å². The molecule has 20 heavy (non-hydrogen) atoms. The lowest BCUT2D eigenvalue weighted by molar-refractivity contribution is -0.0354. The van der Waals surface area contributed by atoms with Gasteiger partial charge in [0.05, 0.1) is 0 Å². The molecular formula is C19H37N. The fourth-order valence-corrected chi connectivity index (χ4v) is 4.65. The first-order chi connectivity index (χ1) is 9.19. The number of piperidine rings is 1. The normalized spacial score (nSPS) is 31.5. The van der Waals surface area contributed by atoms with Crippen molar-refractivity contribution in [1.82, 2.24) is 4.90 Å². The lowest BCUT2D eigenvalue weighted by atomic mass is 9.69. The van der Waals surface area contributed by atoms with Crippen LogP contribution in [0.25, 0.3) is 0 Å². The molecule has 2 aliphatic rings. The van der Waals surface area contributed by atoms with Crippen LogP contribution in [0.4, 0.5) is 0 Å². The number of nitrogens with zero attached hydrogens (tertiary/aromatic N) is 1. The van der Waals surface area contributed by atoms with Crippen LogP contribution in [-0.2, 0) is 0 Å². The maximum Gasteiger partial charge on any atom is 0.0152 e. The summed E-state index contributed by atoms with van der Waals surface area (Å²) in [4.78, 5) is 2.80. The third kappa shape index (κ3) is 3.78. The van der Waals surface area contributed by atoms with Crippen LogP contribution in [0.5, 0.6) is 0 Å². The van der Waals surface area contributed by atoms with Gasteiger partial charge in [-0.3, -0.25) is 4.90 Å². The molecule has 0 N–H and O–H groups in total. The molecule has 1 aliphatic heterocycles. The molecule has 0 spiro atoms. The van der Waals surface area contributed by atoms with Crippen molar-refractivity contribution in [2.75, 3.05) is 6.54 Å². The van der Waals surface area contributed by atoms with Gasteiger partial charge < -0.3 is 0 Å². The van der Waals surface area contributed by atoms with Crippen molar-refractivity contribution in [3.05, 3.63) is 0 Å². The van der Waals surface area contributed by atoms with E-state index in [1.807, 2.05) is 0 Å². The standard InChI is InChI=1S/C19H37N/c1-18(2,3)17-14-16(15-10-8-7-9-11-15)12-13-20(17)19(4,5)6/h15-17H,7-14H2,1-6H3. The van der Waals surface area contributed by atoms with Crippen LogP contribution in [0.3, 0.4) is 0 Å². The highest BCUT2D eigenvalue weighted by atomic mass is 15.2. The fourth-order valence-electron chi connectivity index (χ4n) is 4.65. The lowest BCUT2D eigenvalue weighted by Gasteiger charge is -2.53. The van der Waals surface area contributed by atoms with E-state index in [-0.39, 0.29) is 0 Å². The van der Waals surface area contributed by atoms with E-state index in [2.05, 4.69) is 46.4 Å². The number of rotatable bonds is 1. The van der Waals surface area contributed by atoms with E-state index in [4.69, 9.17) is 0 Å².